The molecule has 0 heterocycles. The van der Waals surface area contributed by atoms with E-state index < -0.39 is 17.5 Å². The van der Waals surface area contributed by atoms with Crippen LogP contribution in [0.15, 0.2) is 0 Å². The third-order valence-electron chi connectivity index (χ3n) is 5.19. The van der Waals surface area contributed by atoms with Gasteiger partial charge < -0.3 is 10.2 Å². The normalized spacial score (nSPS) is 27.2. The summed E-state index contributed by atoms with van der Waals surface area (Å²) in [6, 6.07) is 0. The average molecular weight is 268 g/mol. The van der Waals surface area contributed by atoms with Gasteiger partial charge in [-0.3, -0.25) is 4.79 Å². The molecule has 0 aromatic rings. The van der Waals surface area contributed by atoms with Gasteiger partial charge in [0.25, 0.3) is 0 Å². The maximum atomic E-state index is 11.7. The molecule has 2 rings (SSSR count). The molecule has 110 valence electrons. The van der Waals surface area contributed by atoms with Gasteiger partial charge in [0.05, 0.1) is 11.5 Å². The van der Waals surface area contributed by atoms with E-state index in [0.29, 0.717) is 12.8 Å². The van der Waals surface area contributed by atoms with Gasteiger partial charge in [0.1, 0.15) is 0 Å². The van der Waals surface area contributed by atoms with Crippen LogP contribution in [0.25, 0.3) is 0 Å². The van der Waals surface area contributed by atoms with E-state index in [1.54, 1.807) is 0 Å². The highest BCUT2D eigenvalue weighted by atomic mass is 16.4. The van der Waals surface area contributed by atoms with E-state index in [0.717, 1.165) is 51.4 Å². The van der Waals surface area contributed by atoms with E-state index in [1.807, 2.05) is 0 Å². The smallest absolute Gasteiger partial charge is 0.309 e. The molecular weight excluding hydrogens is 240 g/mol. The van der Waals surface area contributed by atoms with Crippen LogP contribution in [-0.2, 0) is 4.79 Å². The molecule has 0 aromatic heterocycles. The zero-order valence-corrected chi connectivity index (χ0v) is 11.9. The first-order valence-electron chi connectivity index (χ1n) is 8.09. The highest BCUT2D eigenvalue weighted by Crippen LogP contribution is 2.41. The topological polar surface area (TPSA) is 57.5 Å². The molecule has 3 nitrogen and oxygen atoms in total. The first-order chi connectivity index (χ1) is 9.13. The number of carboxylic acids is 1. The van der Waals surface area contributed by atoms with Crippen molar-refractivity contribution in [2.24, 2.45) is 11.8 Å². The summed E-state index contributed by atoms with van der Waals surface area (Å²) in [4.78, 5) is 11.7. The molecule has 0 aliphatic heterocycles. The van der Waals surface area contributed by atoms with Crippen molar-refractivity contribution in [2.75, 3.05) is 0 Å². The molecule has 2 aliphatic carbocycles. The van der Waals surface area contributed by atoms with Crippen LogP contribution in [-0.4, -0.2) is 21.8 Å². The van der Waals surface area contributed by atoms with E-state index in [-0.39, 0.29) is 5.92 Å². The van der Waals surface area contributed by atoms with Gasteiger partial charge in [-0.1, -0.05) is 51.4 Å². The van der Waals surface area contributed by atoms with Gasteiger partial charge in [0, 0.05) is 0 Å². The minimum Gasteiger partial charge on any atom is -0.481 e. The number of carboxylic acid groups (broad SMARTS) is 1. The van der Waals surface area contributed by atoms with Crippen molar-refractivity contribution in [3.63, 3.8) is 0 Å². The Morgan fingerprint density at radius 2 is 1.37 bits per heavy atom. The Hall–Kier alpha value is -0.570. The summed E-state index contributed by atoms with van der Waals surface area (Å²) < 4.78 is 0. The second-order valence-electron chi connectivity index (χ2n) is 6.59. The Morgan fingerprint density at radius 1 is 0.895 bits per heavy atom. The number of carbonyl (C=O) groups is 1. The van der Waals surface area contributed by atoms with Gasteiger partial charge in [0.15, 0.2) is 0 Å². The van der Waals surface area contributed by atoms with Crippen LogP contribution in [0.2, 0.25) is 0 Å². The Morgan fingerprint density at radius 3 is 1.89 bits per heavy atom. The van der Waals surface area contributed by atoms with Crippen LogP contribution < -0.4 is 0 Å². The largest absolute Gasteiger partial charge is 0.481 e. The fourth-order valence-electron chi connectivity index (χ4n) is 4.17. The maximum absolute atomic E-state index is 11.7. The maximum Gasteiger partial charge on any atom is 0.309 e. The van der Waals surface area contributed by atoms with E-state index in [1.165, 1.54) is 12.8 Å². The summed E-state index contributed by atoms with van der Waals surface area (Å²) >= 11 is 0. The second kappa shape index (κ2) is 6.74. The molecule has 0 spiro atoms. The minimum atomic E-state index is -0.950. The van der Waals surface area contributed by atoms with Crippen LogP contribution in [0.3, 0.4) is 0 Å². The molecule has 0 saturated heterocycles. The van der Waals surface area contributed by atoms with E-state index in [9.17, 15) is 15.0 Å². The first kappa shape index (κ1) is 14.8. The molecule has 0 radical (unpaired) electrons. The van der Waals surface area contributed by atoms with Crippen LogP contribution in [0, 0.1) is 11.8 Å². The fraction of sp³-hybridized carbons (Fsp3) is 0.938. The van der Waals surface area contributed by atoms with Crippen molar-refractivity contribution in [2.45, 2.75) is 82.7 Å². The van der Waals surface area contributed by atoms with Crippen molar-refractivity contribution in [3.8, 4) is 0 Å². The number of hydrogen-bond donors (Lipinski definition) is 2. The lowest BCUT2D eigenvalue weighted by Gasteiger charge is -2.40. The predicted octanol–water partition coefficient (Wildman–Crippen LogP) is 3.74. The van der Waals surface area contributed by atoms with Crippen molar-refractivity contribution in [3.05, 3.63) is 0 Å². The number of hydrogen-bond acceptors (Lipinski definition) is 2. The second-order valence-corrected chi connectivity index (χ2v) is 6.59. The van der Waals surface area contributed by atoms with Crippen LogP contribution in [0.1, 0.15) is 77.0 Å². The molecule has 0 aromatic carbocycles. The third-order valence-corrected chi connectivity index (χ3v) is 5.19. The molecule has 1 unspecified atom stereocenters. The Kier molecular flexibility index (Phi) is 5.26. The average Bonchev–Trinajstić information content (AvgIpc) is 2.35. The number of aliphatic hydroxyl groups is 1. The summed E-state index contributed by atoms with van der Waals surface area (Å²) in [5, 5.41) is 20.6. The van der Waals surface area contributed by atoms with Crippen LogP contribution >= 0.6 is 0 Å². The standard InChI is InChI=1S/C16H28O3/c17-15(18)14(13-9-5-4-6-10-13)16(19)11-7-2-1-3-8-12-16/h13-14,19H,1-12H2,(H,17,18). The monoisotopic (exact) mass is 268 g/mol. The summed E-state index contributed by atoms with van der Waals surface area (Å²) in [7, 11) is 0. The van der Waals surface area contributed by atoms with Crippen molar-refractivity contribution >= 4 is 5.97 Å². The zero-order valence-electron chi connectivity index (χ0n) is 11.9. The van der Waals surface area contributed by atoms with Gasteiger partial charge in [-0.05, 0) is 31.6 Å². The van der Waals surface area contributed by atoms with Crippen molar-refractivity contribution in [1.29, 1.82) is 0 Å². The molecule has 0 bridgehead atoms. The predicted molar refractivity (Wildman–Crippen MR) is 75.0 cm³/mol. The Labute approximate surface area is 116 Å². The van der Waals surface area contributed by atoms with Crippen LogP contribution in [0.5, 0.6) is 0 Å². The van der Waals surface area contributed by atoms with Crippen molar-refractivity contribution < 1.29 is 15.0 Å². The molecule has 19 heavy (non-hydrogen) atoms. The van der Waals surface area contributed by atoms with Gasteiger partial charge in [0.2, 0.25) is 0 Å². The minimum absolute atomic E-state index is 0.190. The van der Waals surface area contributed by atoms with E-state index in [4.69, 9.17) is 0 Å². The molecule has 1 atom stereocenters. The lowest BCUT2D eigenvalue weighted by molar-refractivity contribution is -0.160. The number of aliphatic carboxylic acids is 1. The Balaban J connectivity index is 2.12. The molecular formula is C16H28O3. The Bertz CT molecular complexity index is 286. The van der Waals surface area contributed by atoms with Gasteiger partial charge in [-0.25, -0.2) is 0 Å². The highest BCUT2D eigenvalue weighted by molar-refractivity contribution is 5.72. The lowest BCUT2D eigenvalue weighted by Crippen LogP contribution is -2.47. The van der Waals surface area contributed by atoms with E-state index in [2.05, 4.69) is 0 Å². The first-order valence-corrected chi connectivity index (χ1v) is 8.09. The van der Waals surface area contributed by atoms with Crippen molar-refractivity contribution in [1.82, 2.24) is 0 Å². The quantitative estimate of drug-likeness (QED) is 0.819. The van der Waals surface area contributed by atoms with Crippen LogP contribution in [0.4, 0.5) is 0 Å². The fourth-order valence-corrected chi connectivity index (χ4v) is 4.17. The molecule has 2 aliphatic rings. The number of rotatable bonds is 3. The lowest BCUT2D eigenvalue weighted by atomic mass is 9.68. The van der Waals surface area contributed by atoms with E-state index >= 15 is 0 Å². The third kappa shape index (κ3) is 3.71. The molecule has 2 fully saturated rings. The zero-order chi connectivity index (χ0) is 13.7. The van der Waals surface area contributed by atoms with Gasteiger partial charge >= 0.3 is 5.97 Å². The molecule has 3 heteroatoms. The summed E-state index contributed by atoms with van der Waals surface area (Å²) in [5.74, 6) is -1.11. The summed E-state index contributed by atoms with van der Waals surface area (Å²) in [5.41, 5.74) is -0.950. The molecule has 2 N–H and O–H groups in total. The molecule has 0 amide bonds. The summed E-state index contributed by atoms with van der Waals surface area (Å²) in [6.07, 6.45) is 12.3. The SMILES string of the molecule is O=C(O)C(C1CCCCC1)C1(O)CCCCCCC1. The molecule has 2 saturated carbocycles. The summed E-state index contributed by atoms with van der Waals surface area (Å²) in [6.45, 7) is 0. The highest BCUT2D eigenvalue weighted by Gasteiger charge is 2.45. The van der Waals surface area contributed by atoms with Gasteiger partial charge in [-0.15, -0.1) is 0 Å². The van der Waals surface area contributed by atoms with Gasteiger partial charge in [-0.2, -0.15) is 0 Å².